The molecule has 20 heavy (non-hydrogen) atoms. The van der Waals surface area contributed by atoms with Gasteiger partial charge in [-0.2, -0.15) is 0 Å². The Kier molecular flexibility index (Phi) is 5.72. The molecule has 0 radical (unpaired) electrons. The Labute approximate surface area is 122 Å². The standard InChI is InChI=1S/C17H27NO2/c1-3-13(2)20-15-9-7-8-14(12-15)18-16-10-5-4-6-11-17(16)19/h7-9,12-13,16-19H,3-6,10-11H2,1-2H3. The van der Waals surface area contributed by atoms with Crippen LogP contribution in [-0.2, 0) is 0 Å². The Morgan fingerprint density at radius 3 is 2.90 bits per heavy atom. The molecule has 3 heteroatoms. The van der Waals surface area contributed by atoms with Crippen molar-refractivity contribution in [2.24, 2.45) is 0 Å². The topological polar surface area (TPSA) is 41.5 Å². The summed E-state index contributed by atoms with van der Waals surface area (Å²) >= 11 is 0. The van der Waals surface area contributed by atoms with E-state index < -0.39 is 0 Å². The molecule has 2 N–H and O–H groups in total. The van der Waals surface area contributed by atoms with Gasteiger partial charge in [0.2, 0.25) is 0 Å². The summed E-state index contributed by atoms with van der Waals surface area (Å²) in [5.74, 6) is 0.896. The molecule has 2 rings (SSSR count). The maximum atomic E-state index is 10.2. The minimum atomic E-state index is -0.239. The summed E-state index contributed by atoms with van der Waals surface area (Å²) in [6.07, 6.45) is 6.49. The van der Waals surface area contributed by atoms with Crippen molar-refractivity contribution < 1.29 is 9.84 Å². The quantitative estimate of drug-likeness (QED) is 0.800. The molecule has 0 amide bonds. The number of benzene rings is 1. The highest BCUT2D eigenvalue weighted by Crippen LogP contribution is 2.24. The molecule has 0 aromatic heterocycles. The maximum absolute atomic E-state index is 10.2. The van der Waals surface area contributed by atoms with Gasteiger partial charge >= 0.3 is 0 Å². The number of rotatable bonds is 5. The first-order valence-corrected chi connectivity index (χ1v) is 7.90. The van der Waals surface area contributed by atoms with Crippen LogP contribution in [0.4, 0.5) is 5.69 Å². The van der Waals surface area contributed by atoms with Crippen molar-refractivity contribution in [3.05, 3.63) is 24.3 Å². The molecular weight excluding hydrogens is 250 g/mol. The molecule has 0 bridgehead atoms. The molecule has 1 aliphatic rings. The van der Waals surface area contributed by atoms with Crippen molar-refractivity contribution in [1.29, 1.82) is 0 Å². The number of ether oxygens (including phenoxy) is 1. The van der Waals surface area contributed by atoms with Crippen molar-refractivity contribution in [3.63, 3.8) is 0 Å². The zero-order valence-electron chi connectivity index (χ0n) is 12.6. The fourth-order valence-corrected chi connectivity index (χ4v) is 2.65. The van der Waals surface area contributed by atoms with Gasteiger partial charge in [0.25, 0.3) is 0 Å². The van der Waals surface area contributed by atoms with E-state index in [4.69, 9.17) is 4.74 Å². The normalized spacial score (nSPS) is 24.8. The Morgan fingerprint density at radius 2 is 2.10 bits per heavy atom. The van der Waals surface area contributed by atoms with Crippen LogP contribution in [0.25, 0.3) is 0 Å². The van der Waals surface area contributed by atoms with E-state index in [1.54, 1.807) is 0 Å². The number of aliphatic hydroxyl groups excluding tert-OH is 1. The largest absolute Gasteiger partial charge is 0.491 e. The van der Waals surface area contributed by atoms with Crippen LogP contribution in [0.5, 0.6) is 5.75 Å². The molecule has 3 nitrogen and oxygen atoms in total. The summed E-state index contributed by atoms with van der Waals surface area (Å²) in [5.41, 5.74) is 1.04. The molecule has 1 saturated carbocycles. The molecule has 0 aliphatic heterocycles. The van der Waals surface area contributed by atoms with Crippen LogP contribution >= 0.6 is 0 Å². The third kappa shape index (κ3) is 4.41. The fourth-order valence-electron chi connectivity index (χ4n) is 2.65. The number of hydrogen-bond donors (Lipinski definition) is 2. The molecule has 112 valence electrons. The first kappa shape index (κ1) is 15.2. The van der Waals surface area contributed by atoms with Gasteiger partial charge in [0, 0.05) is 11.8 Å². The summed E-state index contributed by atoms with van der Waals surface area (Å²) < 4.78 is 5.84. The lowest BCUT2D eigenvalue weighted by Crippen LogP contribution is -2.32. The Hall–Kier alpha value is -1.22. The summed E-state index contributed by atoms with van der Waals surface area (Å²) in [7, 11) is 0. The zero-order chi connectivity index (χ0) is 14.4. The van der Waals surface area contributed by atoms with Crippen LogP contribution in [0, 0.1) is 0 Å². The van der Waals surface area contributed by atoms with Crippen LogP contribution in [0.2, 0.25) is 0 Å². The molecular formula is C17H27NO2. The van der Waals surface area contributed by atoms with Crippen molar-refractivity contribution >= 4 is 5.69 Å². The minimum absolute atomic E-state index is 0.163. The Morgan fingerprint density at radius 1 is 1.30 bits per heavy atom. The Bertz CT molecular complexity index is 408. The van der Waals surface area contributed by atoms with Gasteiger partial charge in [-0.3, -0.25) is 0 Å². The van der Waals surface area contributed by atoms with Gasteiger partial charge < -0.3 is 15.2 Å². The highest BCUT2D eigenvalue weighted by molar-refractivity contribution is 5.49. The van der Waals surface area contributed by atoms with Crippen LogP contribution in [0.1, 0.15) is 52.4 Å². The maximum Gasteiger partial charge on any atom is 0.121 e. The molecule has 3 atom stereocenters. The predicted molar refractivity (Wildman–Crippen MR) is 83.3 cm³/mol. The third-order valence-corrected chi connectivity index (χ3v) is 4.08. The first-order valence-electron chi connectivity index (χ1n) is 7.90. The summed E-state index contributed by atoms with van der Waals surface area (Å²) in [6.45, 7) is 4.20. The molecule has 1 fully saturated rings. The second kappa shape index (κ2) is 7.53. The van der Waals surface area contributed by atoms with E-state index in [9.17, 15) is 5.11 Å². The van der Waals surface area contributed by atoms with Crippen molar-refractivity contribution in [2.75, 3.05) is 5.32 Å². The SMILES string of the molecule is CCC(C)Oc1cccc(NC2CCCCCC2O)c1. The minimum Gasteiger partial charge on any atom is -0.491 e. The highest BCUT2D eigenvalue weighted by atomic mass is 16.5. The number of nitrogens with one attached hydrogen (secondary N) is 1. The van der Waals surface area contributed by atoms with Crippen LogP contribution in [0.15, 0.2) is 24.3 Å². The highest BCUT2D eigenvalue weighted by Gasteiger charge is 2.21. The van der Waals surface area contributed by atoms with E-state index in [0.29, 0.717) is 0 Å². The summed E-state index contributed by atoms with van der Waals surface area (Å²) in [5, 5.41) is 13.6. The van der Waals surface area contributed by atoms with E-state index >= 15 is 0 Å². The molecule has 1 aliphatic carbocycles. The van der Waals surface area contributed by atoms with E-state index in [1.165, 1.54) is 12.8 Å². The van der Waals surface area contributed by atoms with Gasteiger partial charge in [-0.25, -0.2) is 0 Å². The van der Waals surface area contributed by atoms with Crippen LogP contribution in [0.3, 0.4) is 0 Å². The molecule has 0 spiro atoms. The number of aliphatic hydroxyl groups is 1. The average Bonchev–Trinajstić information content (AvgIpc) is 2.64. The summed E-state index contributed by atoms with van der Waals surface area (Å²) in [6, 6.07) is 8.23. The van der Waals surface area contributed by atoms with Crippen molar-refractivity contribution in [2.45, 2.75) is 70.6 Å². The molecule has 1 aromatic rings. The van der Waals surface area contributed by atoms with Gasteiger partial charge in [-0.15, -0.1) is 0 Å². The summed E-state index contributed by atoms with van der Waals surface area (Å²) in [4.78, 5) is 0. The van der Waals surface area contributed by atoms with Crippen LogP contribution < -0.4 is 10.1 Å². The number of anilines is 1. The monoisotopic (exact) mass is 277 g/mol. The van der Waals surface area contributed by atoms with Gasteiger partial charge in [-0.05, 0) is 38.3 Å². The van der Waals surface area contributed by atoms with Gasteiger partial charge in [0.1, 0.15) is 5.75 Å². The molecule has 0 heterocycles. The fraction of sp³-hybridized carbons (Fsp3) is 0.647. The number of hydrogen-bond acceptors (Lipinski definition) is 3. The van der Waals surface area contributed by atoms with Gasteiger partial charge in [0.05, 0.1) is 18.2 Å². The third-order valence-electron chi connectivity index (χ3n) is 4.08. The molecule has 1 aromatic carbocycles. The van der Waals surface area contributed by atoms with Gasteiger partial charge in [-0.1, -0.05) is 32.3 Å². The van der Waals surface area contributed by atoms with Crippen LogP contribution in [-0.4, -0.2) is 23.4 Å². The lowest BCUT2D eigenvalue weighted by atomic mass is 10.1. The van der Waals surface area contributed by atoms with Gasteiger partial charge in [0.15, 0.2) is 0 Å². The molecule has 3 unspecified atom stereocenters. The van der Waals surface area contributed by atoms with E-state index in [0.717, 1.165) is 37.1 Å². The Balaban J connectivity index is 1.99. The van der Waals surface area contributed by atoms with E-state index in [-0.39, 0.29) is 18.2 Å². The molecule has 0 saturated heterocycles. The average molecular weight is 277 g/mol. The van der Waals surface area contributed by atoms with Crippen molar-refractivity contribution in [1.82, 2.24) is 0 Å². The lowest BCUT2D eigenvalue weighted by Gasteiger charge is -2.23. The predicted octanol–water partition coefficient (Wildman–Crippen LogP) is 3.97. The van der Waals surface area contributed by atoms with Crippen molar-refractivity contribution in [3.8, 4) is 5.75 Å². The first-order chi connectivity index (χ1) is 9.69. The van der Waals surface area contributed by atoms with E-state index in [2.05, 4.69) is 19.2 Å². The second-order valence-electron chi connectivity index (χ2n) is 5.82. The smallest absolute Gasteiger partial charge is 0.121 e. The lowest BCUT2D eigenvalue weighted by molar-refractivity contribution is 0.144. The second-order valence-corrected chi connectivity index (χ2v) is 5.82. The zero-order valence-corrected chi connectivity index (χ0v) is 12.6. The van der Waals surface area contributed by atoms with E-state index in [1.807, 2.05) is 24.3 Å².